The molecule has 112 valence electrons. The van der Waals surface area contributed by atoms with Crippen molar-refractivity contribution in [2.45, 2.75) is 31.5 Å². The van der Waals surface area contributed by atoms with Crippen LogP contribution < -0.4 is 4.90 Å². The Morgan fingerprint density at radius 3 is 2.64 bits per heavy atom. The molecule has 1 amide bonds. The third-order valence-electron chi connectivity index (χ3n) is 4.64. The van der Waals surface area contributed by atoms with Gasteiger partial charge in [0.15, 0.2) is 0 Å². The third kappa shape index (κ3) is 2.27. The molecule has 0 saturated carbocycles. The standard InChI is InChI=1S/C17H18N4O/c22-17-9-16-15(21(17)14-4-2-7-19-11-14)5-8-20(16)12-13-3-1-6-18-10-13/h1-4,6-7,10-11,15-16H,5,8-9,12H2/t15-,16+/m0/s1. The van der Waals surface area contributed by atoms with Crippen molar-refractivity contribution in [3.8, 4) is 0 Å². The fourth-order valence-electron chi connectivity index (χ4n) is 3.68. The lowest BCUT2D eigenvalue weighted by molar-refractivity contribution is -0.117. The summed E-state index contributed by atoms with van der Waals surface area (Å²) < 4.78 is 0. The summed E-state index contributed by atoms with van der Waals surface area (Å²) in [5, 5.41) is 0. The van der Waals surface area contributed by atoms with Gasteiger partial charge in [-0.1, -0.05) is 6.07 Å². The molecule has 0 bridgehead atoms. The second kappa shape index (κ2) is 5.50. The Morgan fingerprint density at radius 2 is 1.91 bits per heavy atom. The molecule has 2 fully saturated rings. The molecular weight excluding hydrogens is 276 g/mol. The molecular formula is C17H18N4O. The van der Waals surface area contributed by atoms with E-state index in [0.29, 0.717) is 12.5 Å². The van der Waals surface area contributed by atoms with Gasteiger partial charge in [0.25, 0.3) is 0 Å². The van der Waals surface area contributed by atoms with E-state index in [-0.39, 0.29) is 11.9 Å². The second-order valence-electron chi connectivity index (χ2n) is 5.93. The molecule has 0 unspecified atom stereocenters. The largest absolute Gasteiger partial charge is 0.306 e. The Kier molecular flexibility index (Phi) is 3.35. The van der Waals surface area contributed by atoms with Gasteiger partial charge in [-0.25, -0.2) is 0 Å². The van der Waals surface area contributed by atoms with Crippen molar-refractivity contribution in [1.29, 1.82) is 0 Å². The van der Waals surface area contributed by atoms with E-state index < -0.39 is 0 Å². The summed E-state index contributed by atoms with van der Waals surface area (Å²) in [5.41, 5.74) is 2.12. The molecule has 0 spiro atoms. The van der Waals surface area contributed by atoms with Crippen LogP contribution in [-0.2, 0) is 11.3 Å². The van der Waals surface area contributed by atoms with Gasteiger partial charge >= 0.3 is 0 Å². The predicted molar refractivity (Wildman–Crippen MR) is 83.2 cm³/mol. The zero-order chi connectivity index (χ0) is 14.9. The van der Waals surface area contributed by atoms with Crippen LogP contribution in [0.25, 0.3) is 0 Å². The number of amides is 1. The van der Waals surface area contributed by atoms with Gasteiger partial charge in [-0.3, -0.25) is 19.7 Å². The number of fused-ring (bicyclic) bond motifs is 1. The maximum absolute atomic E-state index is 12.4. The van der Waals surface area contributed by atoms with Crippen molar-refractivity contribution in [2.24, 2.45) is 0 Å². The average Bonchev–Trinajstić information content (AvgIpc) is 3.08. The lowest BCUT2D eigenvalue weighted by Crippen LogP contribution is -2.37. The van der Waals surface area contributed by atoms with E-state index in [9.17, 15) is 4.79 Å². The molecule has 4 heterocycles. The van der Waals surface area contributed by atoms with E-state index in [1.54, 1.807) is 18.6 Å². The molecule has 5 heteroatoms. The number of carbonyl (C=O) groups excluding carboxylic acids is 1. The van der Waals surface area contributed by atoms with Crippen molar-refractivity contribution in [1.82, 2.24) is 14.9 Å². The SMILES string of the molecule is O=C1C[C@@H]2[C@H](CCN2Cc2cccnc2)N1c1cccnc1. The predicted octanol–water partition coefficient (Wildman–Crippen LogP) is 1.86. The lowest BCUT2D eigenvalue weighted by Gasteiger charge is -2.25. The summed E-state index contributed by atoms with van der Waals surface area (Å²) in [5.74, 6) is 0.207. The minimum atomic E-state index is 0.207. The van der Waals surface area contributed by atoms with Gasteiger partial charge in [0.1, 0.15) is 0 Å². The zero-order valence-electron chi connectivity index (χ0n) is 12.3. The molecule has 2 aromatic heterocycles. The number of aromatic nitrogens is 2. The smallest absolute Gasteiger partial charge is 0.229 e. The lowest BCUT2D eigenvalue weighted by atomic mass is 10.1. The third-order valence-corrected chi connectivity index (χ3v) is 4.64. The maximum Gasteiger partial charge on any atom is 0.229 e. The zero-order valence-corrected chi connectivity index (χ0v) is 12.3. The van der Waals surface area contributed by atoms with E-state index in [0.717, 1.165) is 25.2 Å². The molecule has 2 atom stereocenters. The van der Waals surface area contributed by atoms with Crippen LogP contribution in [0.2, 0.25) is 0 Å². The number of hydrogen-bond acceptors (Lipinski definition) is 4. The van der Waals surface area contributed by atoms with E-state index in [1.807, 2.05) is 29.3 Å². The van der Waals surface area contributed by atoms with E-state index in [2.05, 4.69) is 20.9 Å². The minimum Gasteiger partial charge on any atom is -0.306 e. The summed E-state index contributed by atoms with van der Waals surface area (Å²) in [4.78, 5) is 25.1. The molecule has 2 aliphatic heterocycles. The van der Waals surface area contributed by atoms with Crippen LogP contribution >= 0.6 is 0 Å². The number of anilines is 1. The number of pyridine rings is 2. The summed E-state index contributed by atoms with van der Waals surface area (Å²) >= 11 is 0. The van der Waals surface area contributed by atoms with Crippen LogP contribution in [0.1, 0.15) is 18.4 Å². The van der Waals surface area contributed by atoms with Gasteiger partial charge < -0.3 is 4.90 Å². The number of rotatable bonds is 3. The summed E-state index contributed by atoms with van der Waals surface area (Å²) in [7, 11) is 0. The van der Waals surface area contributed by atoms with Crippen molar-refractivity contribution in [3.63, 3.8) is 0 Å². The first-order valence-electron chi connectivity index (χ1n) is 7.68. The highest BCUT2D eigenvalue weighted by atomic mass is 16.2. The Labute approximate surface area is 129 Å². The number of carbonyl (C=O) groups is 1. The maximum atomic E-state index is 12.4. The Hall–Kier alpha value is -2.27. The van der Waals surface area contributed by atoms with Crippen molar-refractivity contribution in [3.05, 3.63) is 54.6 Å². The molecule has 4 rings (SSSR count). The van der Waals surface area contributed by atoms with Gasteiger partial charge in [-0.2, -0.15) is 0 Å². The molecule has 2 aliphatic rings. The van der Waals surface area contributed by atoms with Crippen LogP contribution in [0.3, 0.4) is 0 Å². The molecule has 0 aromatic carbocycles. The molecule has 22 heavy (non-hydrogen) atoms. The first-order chi connectivity index (χ1) is 10.8. The first-order valence-corrected chi connectivity index (χ1v) is 7.68. The Bertz CT molecular complexity index is 661. The van der Waals surface area contributed by atoms with Crippen molar-refractivity contribution in [2.75, 3.05) is 11.4 Å². The summed E-state index contributed by atoms with van der Waals surface area (Å²) in [6, 6.07) is 8.48. The highest BCUT2D eigenvalue weighted by molar-refractivity contribution is 5.97. The first kappa shape index (κ1) is 13.4. The van der Waals surface area contributed by atoms with Gasteiger partial charge in [0.2, 0.25) is 5.91 Å². The Morgan fingerprint density at radius 1 is 1.09 bits per heavy atom. The summed E-state index contributed by atoms with van der Waals surface area (Å²) in [6.45, 7) is 1.89. The topological polar surface area (TPSA) is 49.3 Å². The van der Waals surface area contributed by atoms with Gasteiger partial charge in [-0.05, 0) is 30.2 Å². The van der Waals surface area contributed by atoms with Crippen LogP contribution in [0, 0.1) is 0 Å². The monoisotopic (exact) mass is 294 g/mol. The molecule has 0 aliphatic carbocycles. The summed E-state index contributed by atoms with van der Waals surface area (Å²) in [6.07, 6.45) is 8.84. The van der Waals surface area contributed by atoms with Gasteiger partial charge in [0, 0.05) is 44.1 Å². The quantitative estimate of drug-likeness (QED) is 0.867. The van der Waals surface area contributed by atoms with Crippen molar-refractivity contribution >= 4 is 11.6 Å². The van der Waals surface area contributed by atoms with E-state index >= 15 is 0 Å². The number of nitrogens with zero attached hydrogens (tertiary/aromatic N) is 4. The molecule has 5 nitrogen and oxygen atoms in total. The molecule has 2 saturated heterocycles. The molecule has 2 aromatic rings. The second-order valence-corrected chi connectivity index (χ2v) is 5.93. The van der Waals surface area contributed by atoms with E-state index in [1.165, 1.54) is 5.56 Å². The van der Waals surface area contributed by atoms with Crippen LogP contribution in [0.5, 0.6) is 0 Å². The molecule has 0 radical (unpaired) electrons. The van der Waals surface area contributed by atoms with E-state index in [4.69, 9.17) is 0 Å². The Balaban J connectivity index is 1.54. The van der Waals surface area contributed by atoms with Gasteiger partial charge in [0.05, 0.1) is 17.9 Å². The highest BCUT2D eigenvalue weighted by Gasteiger charge is 2.47. The fourth-order valence-corrected chi connectivity index (χ4v) is 3.68. The van der Waals surface area contributed by atoms with Crippen molar-refractivity contribution < 1.29 is 4.79 Å². The minimum absolute atomic E-state index is 0.207. The highest BCUT2D eigenvalue weighted by Crippen LogP contribution is 2.36. The van der Waals surface area contributed by atoms with Crippen LogP contribution in [0.4, 0.5) is 5.69 Å². The van der Waals surface area contributed by atoms with Crippen LogP contribution in [0.15, 0.2) is 49.1 Å². The van der Waals surface area contributed by atoms with Gasteiger partial charge in [-0.15, -0.1) is 0 Å². The fraction of sp³-hybridized carbons (Fsp3) is 0.353. The number of hydrogen-bond donors (Lipinski definition) is 0. The normalized spacial score (nSPS) is 24.7. The molecule has 0 N–H and O–H groups in total. The van der Waals surface area contributed by atoms with Crippen LogP contribution in [-0.4, -0.2) is 39.4 Å². The number of likely N-dealkylation sites (tertiary alicyclic amines) is 1. The average molecular weight is 294 g/mol.